The molecule has 0 radical (unpaired) electrons. The number of fused-ring (bicyclic) bond motifs is 1. The molecule has 2 aliphatic carbocycles. The lowest BCUT2D eigenvalue weighted by Crippen LogP contribution is -2.62. The highest BCUT2D eigenvalue weighted by molar-refractivity contribution is 4.97. The maximum atomic E-state index is 6.09. The van der Waals surface area contributed by atoms with Crippen molar-refractivity contribution >= 4 is 0 Å². The zero-order chi connectivity index (χ0) is 14.7. The molecule has 3 heteroatoms. The van der Waals surface area contributed by atoms with E-state index in [1.807, 2.05) is 0 Å². The third kappa shape index (κ3) is 3.46. The van der Waals surface area contributed by atoms with Gasteiger partial charge >= 0.3 is 0 Å². The van der Waals surface area contributed by atoms with E-state index in [4.69, 9.17) is 4.74 Å². The van der Waals surface area contributed by atoms with Crippen LogP contribution in [0.4, 0.5) is 0 Å². The number of hydrogen-bond donors (Lipinski definition) is 1. The monoisotopic (exact) mass is 294 g/mol. The fourth-order valence-corrected chi connectivity index (χ4v) is 5.01. The van der Waals surface area contributed by atoms with Gasteiger partial charge in [-0.15, -0.1) is 0 Å². The lowest BCUT2D eigenvalue weighted by Gasteiger charge is -2.51. The second-order valence-electron chi connectivity index (χ2n) is 7.32. The van der Waals surface area contributed by atoms with Gasteiger partial charge in [-0.1, -0.05) is 33.1 Å². The van der Waals surface area contributed by atoms with Crippen LogP contribution in [0.25, 0.3) is 0 Å². The quantitative estimate of drug-likeness (QED) is 0.862. The molecule has 0 spiro atoms. The van der Waals surface area contributed by atoms with Gasteiger partial charge in [-0.25, -0.2) is 0 Å². The SMILES string of the molecule is CCNC1CCC(CC)CC1N1CCOC2CCCCC21. The van der Waals surface area contributed by atoms with Crippen molar-refractivity contribution in [1.29, 1.82) is 0 Å². The first-order valence-corrected chi connectivity index (χ1v) is 9.44. The zero-order valence-corrected chi connectivity index (χ0v) is 14.0. The van der Waals surface area contributed by atoms with Crippen LogP contribution in [0, 0.1) is 5.92 Å². The molecule has 1 saturated heterocycles. The molecule has 0 aromatic carbocycles. The maximum absolute atomic E-state index is 6.09. The van der Waals surface area contributed by atoms with Gasteiger partial charge in [0, 0.05) is 24.7 Å². The Kier molecular flexibility index (Phi) is 5.58. The summed E-state index contributed by atoms with van der Waals surface area (Å²) in [5.74, 6) is 0.940. The summed E-state index contributed by atoms with van der Waals surface area (Å²) in [4.78, 5) is 2.86. The molecule has 1 heterocycles. The van der Waals surface area contributed by atoms with Crippen LogP contribution in [0.5, 0.6) is 0 Å². The van der Waals surface area contributed by atoms with Crippen LogP contribution >= 0.6 is 0 Å². The first-order chi connectivity index (χ1) is 10.3. The first-order valence-electron chi connectivity index (χ1n) is 9.44. The summed E-state index contributed by atoms with van der Waals surface area (Å²) < 4.78 is 6.09. The second-order valence-corrected chi connectivity index (χ2v) is 7.32. The number of morpholine rings is 1. The van der Waals surface area contributed by atoms with Gasteiger partial charge in [0.1, 0.15) is 0 Å². The van der Waals surface area contributed by atoms with Crippen molar-refractivity contribution in [2.24, 2.45) is 5.92 Å². The molecule has 0 bridgehead atoms. The molecular weight excluding hydrogens is 260 g/mol. The molecular formula is C18H34N2O. The van der Waals surface area contributed by atoms with Gasteiger partial charge in [-0.05, 0) is 44.6 Å². The minimum absolute atomic E-state index is 0.525. The van der Waals surface area contributed by atoms with Gasteiger partial charge in [0.25, 0.3) is 0 Å². The van der Waals surface area contributed by atoms with E-state index >= 15 is 0 Å². The lowest BCUT2D eigenvalue weighted by molar-refractivity contribution is -0.113. The Morgan fingerprint density at radius 2 is 1.90 bits per heavy atom. The van der Waals surface area contributed by atoms with Crippen LogP contribution < -0.4 is 5.32 Å². The van der Waals surface area contributed by atoms with E-state index in [2.05, 4.69) is 24.1 Å². The van der Waals surface area contributed by atoms with Gasteiger partial charge in [0.15, 0.2) is 0 Å². The summed E-state index contributed by atoms with van der Waals surface area (Å²) in [6.07, 6.45) is 11.5. The van der Waals surface area contributed by atoms with Gasteiger partial charge in [-0.2, -0.15) is 0 Å². The van der Waals surface area contributed by atoms with E-state index in [9.17, 15) is 0 Å². The smallest absolute Gasteiger partial charge is 0.0731 e. The highest BCUT2D eigenvalue weighted by atomic mass is 16.5. The van der Waals surface area contributed by atoms with Crippen molar-refractivity contribution in [3.63, 3.8) is 0 Å². The van der Waals surface area contributed by atoms with Gasteiger partial charge in [-0.3, -0.25) is 4.90 Å². The van der Waals surface area contributed by atoms with Crippen LogP contribution in [-0.4, -0.2) is 48.8 Å². The minimum Gasteiger partial charge on any atom is -0.375 e. The van der Waals surface area contributed by atoms with Crippen molar-refractivity contribution in [2.45, 2.75) is 89.4 Å². The van der Waals surface area contributed by atoms with Crippen LogP contribution in [0.3, 0.4) is 0 Å². The summed E-state index contributed by atoms with van der Waals surface area (Å²) in [6, 6.07) is 2.16. The zero-order valence-electron chi connectivity index (χ0n) is 14.0. The summed E-state index contributed by atoms with van der Waals surface area (Å²) in [7, 11) is 0. The molecule has 0 aromatic rings. The fraction of sp³-hybridized carbons (Fsp3) is 1.00. The van der Waals surface area contributed by atoms with Crippen molar-refractivity contribution < 1.29 is 4.74 Å². The van der Waals surface area contributed by atoms with Gasteiger partial charge in [0.2, 0.25) is 0 Å². The minimum atomic E-state index is 0.525. The van der Waals surface area contributed by atoms with E-state index < -0.39 is 0 Å². The molecule has 3 aliphatic rings. The fourth-order valence-electron chi connectivity index (χ4n) is 5.01. The second kappa shape index (κ2) is 7.43. The van der Waals surface area contributed by atoms with Crippen molar-refractivity contribution in [1.82, 2.24) is 10.2 Å². The molecule has 21 heavy (non-hydrogen) atoms. The van der Waals surface area contributed by atoms with Gasteiger partial charge < -0.3 is 10.1 Å². The molecule has 3 nitrogen and oxygen atoms in total. The molecule has 1 N–H and O–H groups in total. The lowest BCUT2D eigenvalue weighted by atomic mass is 9.78. The van der Waals surface area contributed by atoms with Gasteiger partial charge in [0.05, 0.1) is 12.7 Å². The maximum Gasteiger partial charge on any atom is 0.0731 e. The average Bonchev–Trinajstić information content (AvgIpc) is 2.55. The number of likely N-dealkylation sites (N-methyl/N-ethyl adjacent to an activating group) is 1. The molecule has 0 aromatic heterocycles. The molecule has 5 unspecified atom stereocenters. The topological polar surface area (TPSA) is 24.5 Å². The number of nitrogens with one attached hydrogen (secondary N) is 1. The molecule has 0 amide bonds. The largest absolute Gasteiger partial charge is 0.375 e. The number of nitrogens with zero attached hydrogens (tertiary/aromatic N) is 1. The third-order valence-electron chi connectivity index (χ3n) is 6.17. The molecule has 3 rings (SSSR count). The molecule has 2 saturated carbocycles. The van der Waals surface area contributed by atoms with Crippen LogP contribution in [0.15, 0.2) is 0 Å². The van der Waals surface area contributed by atoms with Crippen molar-refractivity contribution in [2.75, 3.05) is 19.7 Å². The number of hydrogen-bond acceptors (Lipinski definition) is 3. The average molecular weight is 294 g/mol. The normalized spacial score (nSPS) is 41.7. The predicted octanol–water partition coefficient (Wildman–Crippen LogP) is 3.19. The molecule has 3 fully saturated rings. The molecule has 1 aliphatic heterocycles. The standard InChI is InChI=1S/C18H34N2O/c1-3-14-9-10-15(19-4-2)17(13-14)20-11-12-21-18-8-6-5-7-16(18)20/h14-19H,3-13H2,1-2H3. The van der Waals surface area contributed by atoms with Crippen LogP contribution in [0.2, 0.25) is 0 Å². The predicted molar refractivity (Wildman–Crippen MR) is 87.6 cm³/mol. The summed E-state index contributed by atoms with van der Waals surface area (Å²) in [5, 5.41) is 3.79. The summed E-state index contributed by atoms with van der Waals surface area (Å²) in [5.41, 5.74) is 0. The van der Waals surface area contributed by atoms with E-state index in [1.54, 1.807) is 0 Å². The first kappa shape index (κ1) is 15.8. The number of rotatable bonds is 4. The Labute approximate surface area is 130 Å². The van der Waals surface area contributed by atoms with E-state index in [-0.39, 0.29) is 0 Å². The van der Waals surface area contributed by atoms with E-state index in [0.29, 0.717) is 18.2 Å². The summed E-state index contributed by atoms with van der Waals surface area (Å²) >= 11 is 0. The van der Waals surface area contributed by atoms with E-state index in [0.717, 1.165) is 31.7 Å². The Morgan fingerprint density at radius 3 is 2.71 bits per heavy atom. The highest BCUT2D eigenvalue weighted by Crippen LogP contribution is 2.36. The Balaban J connectivity index is 1.73. The Bertz CT molecular complexity index is 320. The van der Waals surface area contributed by atoms with Crippen molar-refractivity contribution in [3.8, 4) is 0 Å². The van der Waals surface area contributed by atoms with Crippen LogP contribution in [0.1, 0.15) is 65.2 Å². The van der Waals surface area contributed by atoms with Crippen LogP contribution in [-0.2, 0) is 4.74 Å². The highest BCUT2D eigenvalue weighted by Gasteiger charge is 2.41. The summed E-state index contributed by atoms with van der Waals surface area (Å²) in [6.45, 7) is 7.84. The third-order valence-corrected chi connectivity index (χ3v) is 6.17. The van der Waals surface area contributed by atoms with Crippen molar-refractivity contribution in [3.05, 3.63) is 0 Å². The Hall–Kier alpha value is -0.120. The van der Waals surface area contributed by atoms with E-state index in [1.165, 1.54) is 51.4 Å². The molecule has 122 valence electrons. The number of ether oxygens (including phenoxy) is 1. The Morgan fingerprint density at radius 1 is 1.05 bits per heavy atom. The molecule has 5 atom stereocenters.